The normalized spacial score (nSPS) is 14.3. The summed E-state index contributed by atoms with van der Waals surface area (Å²) >= 11 is 0. The first-order valence-electron chi connectivity index (χ1n) is 13.2. The van der Waals surface area contributed by atoms with Crippen molar-refractivity contribution in [3.8, 4) is 0 Å². The van der Waals surface area contributed by atoms with Gasteiger partial charge in [0.1, 0.15) is 11.4 Å². The second-order valence-electron chi connectivity index (χ2n) is 10.8. The molecule has 2 heterocycles. The fourth-order valence-corrected chi connectivity index (χ4v) is 4.76. The molecular weight excluding hydrogens is 481 g/mol. The number of piperidine rings is 1. The van der Waals surface area contributed by atoms with Crippen molar-refractivity contribution in [3.05, 3.63) is 101 Å². The first kappa shape index (κ1) is 27.3. The summed E-state index contributed by atoms with van der Waals surface area (Å²) in [6.45, 7) is 6.78. The van der Waals surface area contributed by atoms with Crippen LogP contribution in [0.5, 0.6) is 0 Å². The summed E-state index contributed by atoms with van der Waals surface area (Å²) in [5, 5.41) is 2.73. The van der Waals surface area contributed by atoms with Crippen LogP contribution in [0.1, 0.15) is 72.1 Å². The highest BCUT2D eigenvalue weighted by Gasteiger charge is 2.27. The molecule has 200 valence electrons. The number of nitrogens with one attached hydrogen (secondary N) is 1. The zero-order chi connectivity index (χ0) is 27.1. The number of pyridine rings is 1. The van der Waals surface area contributed by atoms with Gasteiger partial charge in [-0.1, -0.05) is 42.5 Å². The number of nitrogens with zero attached hydrogens (tertiary/aromatic N) is 2. The van der Waals surface area contributed by atoms with Crippen LogP contribution >= 0.6 is 0 Å². The van der Waals surface area contributed by atoms with Gasteiger partial charge in [-0.2, -0.15) is 0 Å². The average Bonchev–Trinajstić information content (AvgIpc) is 2.91. The van der Waals surface area contributed by atoms with Crippen molar-refractivity contribution in [3.63, 3.8) is 0 Å². The molecule has 0 radical (unpaired) electrons. The lowest BCUT2D eigenvalue weighted by Gasteiger charge is -2.32. The number of hydrogen-bond acceptors (Lipinski definition) is 4. The monoisotopic (exact) mass is 517 g/mol. The third-order valence-electron chi connectivity index (χ3n) is 6.71. The summed E-state index contributed by atoms with van der Waals surface area (Å²) in [6, 6.07) is 17.1. The zero-order valence-corrected chi connectivity index (χ0v) is 22.4. The average molecular weight is 518 g/mol. The van der Waals surface area contributed by atoms with E-state index in [0.717, 1.165) is 24.0 Å². The van der Waals surface area contributed by atoms with Gasteiger partial charge in [0.05, 0.1) is 5.56 Å². The number of ether oxygens (including phenoxy) is 1. The van der Waals surface area contributed by atoms with Gasteiger partial charge < -0.3 is 15.0 Å². The third kappa shape index (κ3) is 7.63. The van der Waals surface area contributed by atoms with Crippen molar-refractivity contribution < 1.29 is 18.7 Å². The number of carbonyl (C=O) groups excluding carboxylic acids is 2. The molecule has 0 saturated carbocycles. The minimum absolute atomic E-state index is 0.0101. The van der Waals surface area contributed by atoms with Crippen molar-refractivity contribution in [2.75, 3.05) is 13.1 Å². The number of hydrogen-bond donors (Lipinski definition) is 1. The van der Waals surface area contributed by atoms with Gasteiger partial charge in [0.15, 0.2) is 0 Å². The number of rotatable bonds is 7. The van der Waals surface area contributed by atoms with Crippen LogP contribution in [-0.4, -0.2) is 40.6 Å². The van der Waals surface area contributed by atoms with Crippen molar-refractivity contribution in [2.45, 2.75) is 64.5 Å². The van der Waals surface area contributed by atoms with Crippen LogP contribution < -0.4 is 5.32 Å². The second-order valence-corrected chi connectivity index (χ2v) is 10.8. The topological polar surface area (TPSA) is 71.5 Å². The summed E-state index contributed by atoms with van der Waals surface area (Å²) in [4.78, 5) is 31.3. The molecular formula is C31H36FN3O3. The van der Waals surface area contributed by atoms with E-state index in [2.05, 4.69) is 22.4 Å². The molecule has 4 rings (SSSR count). The van der Waals surface area contributed by atoms with E-state index in [0.29, 0.717) is 37.1 Å². The molecule has 38 heavy (non-hydrogen) atoms. The van der Waals surface area contributed by atoms with Crippen LogP contribution in [0.15, 0.2) is 67.0 Å². The van der Waals surface area contributed by atoms with E-state index in [1.807, 2.05) is 41.4 Å². The number of benzene rings is 2. The maximum absolute atomic E-state index is 14.7. The van der Waals surface area contributed by atoms with E-state index >= 15 is 0 Å². The van der Waals surface area contributed by atoms with Gasteiger partial charge in [-0.3, -0.25) is 9.78 Å². The van der Waals surface area contributed by atoms with Crippen LogP contribution in [0.25, 0.3) is 0 Å². The molecule has 0 atom stereocenters. The molecule has 1 aliphatic heterocycles. The van der Waals surface area contributed by atoms with Crippen LogP contribution in [-0.2, 0) is 24.1 Å². The van der Waals surface area contributed by atoms with Crippen LogP contribution in [0.2, 0.25) is 0 Å². The van der Waals surface area contributed by atoms with E-state index in [4.69, 9.17) is 4.74 Å². The van der Waals surface area contributed by atoms with Gasteiger partial charge >= 0.3 is 6.09 Å². The summed E-state index contributed by atoms with van der Waals surface area (Å²) in [7, 11) is 0. The molecule has 0 spiro atoms. The highest BCUT2D eigenvalue weighted by molar-refractivity contribution is 5.94. The second kappa shape index (κ2) is 12.2. The number of likely N-dealkylation sites (tertiary alicyclic amines) is 1. The van der Waals surface area contributed by atoms with E-state index in [-0.39, 0.29) is 24.2 Å². The smallest absolute Gasteiger partial charge is 0.407 e. The third-order valence-corrected chi connectivity index (χ3v) is 6.71. The standard InChI is InChI=1S/C31H36FN3O3/c1-31(2,3)38-30(37)34-20-24-11-12-28(32)27(18-24)25-13-15-35(16-14-25)29(36)26-17-23(19-33-21-26)10-9-22-7-5-4-6-8-22/h4-8,11-12,17-19,21,25H,9-10,13-16,20H2,1-3H3,(H,34,37). The Hall–Kier alpha value is -3.74. The summed E-state index contributed by atoms with van der Waals surface area (Å²) < 4.78 is 20.0. The molecule has 0 unspecified atom stereocenters. The zero-order valence-electron chi connectivity index (χ0n) is 22.4. The predicted octanol–water partition coefficient (Wildman–Crippen LogP) is 6.05. The SMILES string of the molecule is CC(C)(C)OC(=O)NCc1ccc(F)c(C2CCN(C(=O)c3cncc(CCc4ccccc4)c3)CC2)c1. The Bertz CT molecular complexity index is 1250. The molecule has 1 aliphatic rings. The molecule has 1 aromatic heterocycles. The Kier molecular flexibility index (Phi) is 8.77. The van der Waals surface area contributed by atoms with Gasteiger partial charge in [-0.15, -0.1) is 0 Å². The lowest BCUT2D eigenvalue weighted by atomic mass is 9.88. The molecule has 1 saturated heterocycles. The largest absolute Gasteiger partial charge is 0.444 e. The lowest BCUT2D eigenvalue weighted by Crippen LogP contribution is -2.38. The van der Waals surface area contributed by atoms with Gasteiger partial charge in [-0.05, 0) is 86.8 Å². The minimum atomic E-state index is -0.580. The van der Waals surface area contributed by atoms with Gasteiger partial charge in [0, 0.05) is 32.0 Å². The van der Waals surface area contributed by atoms with Gasteiger partial charge in [-0.25, -0.2) is 9.18 Å². The molecule has 0 bridgehead atoms. The highest BCUT2D eigenvalue weighted by Crippen LogP contribution is 2.31. The van der Waals surface area contributed by atoms with E-state index in [1.165, 1.54) is 11.6 Å². The molecule has 1 N–H and O–H groups in total. The molecule has 2 aromatic carbocycles. The molecule has 0 aliphatic carbocycles. The number of alkyl carbamates (subject to hydrolysis) is 1. The van der Waals surface area contributed by atoms with Gasteiger partial charge in [0.25, 0.3) is 5.91 Å². The quantitative estimate of drug-likeness (QED) is 0.414. The van der Waals surface area contributed by atoms with Crippen molar-refractivity contribution in [2.24, 2.45) is 0 Å². The summed E-state index contributed by atoms with van der Waals surface area (Å²) in [5.74, 6) is -0.282. The molecule has 7 heteroatoms. The Morgan fingerprint density at radius 2 is 1.68 bits per heavy atom. The maximum Gasteiger partial charge on any atom is 0.407 e. The molecule has 2 amide bonds. The Labute approximate surface area is 224 Å². The van der Waals surface area contributed by atoms with Crippen molar-refractivity contribution in [1.29, 1.82) is 0 Å². The predicted molar refractivity (Wildman–Crippen MR) is 145 cm³/mol. The van der Waals surface area contributed by atoms with E-state index in [9.17, 15) is 14.0 Å². The van der Waals surface area contributed by atoms with Crippen LogP contribution in [0, 0.1) is 5.82 Å². The summed E-state index contributed by atoms with van der Waals surface area (Å²) in [6.07, 6.45) is 6.00. The number of aromatic nitrogens is 1. The highest BCUT2D eigenvalue weighted by atomic mass is 19.1. The van der Waals surface area contributed by atoms with Crippen LogP contribution in [0.4, 0.5) is 9.18 Å². The molecule has 1 fully saturated rings. The molecule has 6 nitrogen and oxygen atoms in total. The van der Waals surface area contributed by atoms with Crippen molar-refractivity contribution in [1.82, 2.24) is 15.2 Å². The fourth-order valence-electron chi connectivity index (χ4n) is 4.76. The Morgan fingerprint density at radius 3 is 2.39 bits per heavy atom. The van der Waals surface area contributed by atoms with Crippen LogP contribution in [0.3, 0.4) is 0 Å². The Morgan fingerprint density at radius 1 is 0.974 bits per heavy atom. The Balaban J connectivity index is 1.32. The van der Waals surface area contributed by atoms with E-state index in [1.54, 1.807) is 33.0 Å². The fraction of sp³-hybridized carbons (Fsp3) is 0.387. The van der Waals surface area contributed by atoms with Crippen molar-refractivity contribution >= 4 is 12.0 Å². The lowest BCUT2D eigenvalue weighted by molar-refractivity contribution is 0.0523. The number of aryl methyl sites for hydroxylation is 2. The molecule has 3 aromatic rings. The summed E-state index contributed by atoms with van der Waals surface area (Å²) in [5.41, 5.74) is 3.74. The van der Waals surface area contributed by atoms with E-state index < -0.39 is 11.7 Å². The first-order valence-corrected chi connectivity index (χ1v) is 13.2. The number of halogens is 1. The minimum Gasteiger partial charge on any atom is -0.444 e. The first-order chi connectivity index (χ1) is 18.2. The van der Waals surface area contributed by atoms with Gasteiger partial charge in [0.2, 0.25) is 0 Å². The number of carbonyl (C=O) groups is 2. The maximum atomic E-state index is 14.7. The number of amides is 2.